The summed E-state index contributed by atoms with van der Waals surface area (Å²) in [5.41, 5.74) is 12.9. The van der Waals surface area contributed by atoms with Gasteiger partial charge >= 0.3 is 0 Å². The Morgan fingerprint density at radius 3 is 2.55 bits per heavy atom. The monoisotopic (exact) mass is 170 g/mol. The summed E-state index contributed by atoms with van der Waals surface area (Å²) in [6, 6.07) is 5.25. The quantitative estimate of drug-likeness (QED) is 0.633. The standard InChI is InChI=1S/C8H11ClN2/c1-5(10)7-4-6(9)2-3-8(7)11/h2-5H,10-11H2,1H3/t5-/m0/s1. The molecular formula is C8H11ClN2. The average Bonchev–Trinajstić information content (AvgIpc) is 1.94. The van der Waals surface area contributed by atoms with E-state index in [1.54, 1.807) is 18.2 Å². The number of hydrogen-bond donors (Lipinski definition) is 2. The fraction of sp³-hybridized carbons (Fsp3) is 0.250. The van der Waals surface area contributed by atoms with Crippen LogP contribution in [0.25, 0.3) is 0 Å². The van der Waals surface area contributed by atoms with Crippen LogP contribution in [0.4, 0.5) is 5.69 Å². The number of hydrogen-bond acceptors (Lipinski definition) is 2. The van der Waals surface area contributed by atoms with Gasteiger partial charge in [0.15, 0.2) is 0 Å². The van der Waals surface area contributed by atoms with Crippen molar-refractivity contribution in [3.05, 3.63) is 28.8 Å². The molecule has 0 bridgehead atoms. The molecule has 0 heterocycles. The van der Waals surface area contributed by atoms with Crippen molar-refractivity contribution >= 4 is 17.3 Å². The molecule has 1 atom stereocenters. The molecule has 0 unspecified atom stereocenters. The summed E-state index contributed by atoms with van der Waals surface area (Å²) < 4.78 is 0. The molecule has 11 heavy (non-hydrogen) atoms. The van der Waals surface area contributed by atoms with E-state index in [1.807, 2.05) is 6.92 Å². The van der Waals surface area contributed by atoms with E-state index >= 15 is 0 Å². The highest BCUT2D eigenvalue weighted by Crippen LogP contribution is 2.22. The van der Waals surface area contributed by atoms with E-state index in [0.29, 0.717) is 10.7 Å². The number of rotatable bonds is 1. The van der Waals surface area contributed by atoms with Crippen molar-refractivity contribution < 1.29 is 0 Å². The van der Waals surface area contributed by atoms with Gasteiger partial charge in [-0.2, -0.15) is 0 Å². The number of benzene rings is 1. The summed E-state index contributed by atoms with van der Waals surface area (Å²) >= 11 is 5.75. The molecule has 1 rings (SSSR count). The summed E-state index contributed by atoms with van der Waals surface area (Å²) in [5, 5.41) is 0.673. The van der Waals surface area contributed by atoms with Gasteiger partial charge in [-0.05, 0) is 30.7 Å². The van der Waals surface area contributed by atoms with Crippen molar-refractivity contribution in [1.82, 2.24) is 0 Å². The molecule has 0 amide bonds. The normalized spacial score (nSPS) is 13.0. The lowest BCUT2D eigenvalue weighted by atomic mass is 10.1. The Morgan fingerprint density at radius 1 is 1.45 bits per heavy atom. The highest BCUT2D eigenvalue weighted by molar-refractivity contribution is 6.30. The Morgan fingerprint density at radius 2 is 2.09 bits per heavy atom. The molecule has 0 saturated carbocycles. The molecule has 0 radical (unpaired) electrons. The summed E-state index contributed by atoms with van der Waals surface area (Å²) in [7, 11) is 0. The molecule has 2 nitrogen and oxygen atoms in total. The number of anilines is 1. The van der Waals surface area contributed by atoms with E-state index in [1.165, 1.54) is 0 Å². The van der Waals surface area contributed by atoms with Crippen LogP contribution in [0, 0.1) is 0 Å². The summed E-state index contributed by atoms with van der Waals surface area (Å²) in [4.78, 5) is 0. The molecule has 0 spiro atoms. The molecule has 0 saturated heterocycles. The van der Waals surface area contributed by atoms with Crippen LogP contribution in [0.3, 0.4) is 0 Å². The maximum absolute atomic E-state index is 5.75. The Labute approximate surface area is 71.1 Å². The van der Waals surface area contributed by atoms with Gasteiger partial charge in [0.05, 0.1) is 0 Å². The topological polar surface area (TPSA) is 52.0 Å². The number of nitrogens with two attached hydrogens (primary N) is 2. The van der Waals surface area contributed by atoms with Crippen LogP contribution in [-0.4, -0.2) is 0 Å². The van der Waals surface area contributed by atoms with Crippen LogP contribution in [-0.2, 0) is 0 Å². The second kappa shape index (κ2) is 3.11. The minimum Gasteiger partial charge on any atom is -0.398 e. The SMILES string of the molecule is C[C@H](N)c1cc(Cl)ccc1N. The van der Waals surface area contributed by atoms with Crippen molar-refractivity contribution in [2.45, 2.75) is 13.0 Å². The van der Waals surface area contributed by atoms with Crippen molar-refractivity contribution in [1.29, 1.82) is 0 Å². The van der Waals surface area contributed by atoms with Gasteiger partial charge < -0.3 is 11.5 Å². The summed E-state index contributed by atoms with van der Waals surface area (Å²) in [6.45, 7) is 1.88. The Kier molecular flexibility index (Phi) is 2.37. The van der Waals surface area contributed by atoms with Crippen molar-refractivity contribution in [2.24, 2.45) is 5.73 Å². The predicted octanol–water partition coefficient (Wildman–Crippen LogP) is 1.94. The zero-order chi connectivity index (χ0) is 8.43. The molecule has 1 aromatic carbocycles. The van der Waals surface area contributed by atoms with E-state index in [4.69, 9.17) is 23.1 Å². The van der Waals surface area contributed by atoms with Crippen LogP contribution in [0.2, 0.25) is 5.02 Å². The molecular weight excluding hydrogens is 160 g/mol. The third-order valence-electron chi connectivity index (χ3n) is 1.54. The van der Waals surface area contributed by atoms with Gasteiger partial charge in [-0.1, -0.05) is 11.6 Å². The van der Waals surface area contributed by atoms with Crippen molar-refractivity contribution in [3.8, 4) is 0 Å². The first-order valence-corrected chi connectivity index (χ1v) is 3.79. The van der Waals surface area contributed by atoms with Crippen molar-refractivity contribution in [2.75, 3.05) is 5.73 Å². The lowest BCUT2D eigenvalue weighted by Crippen LogP contribution is -2.07. The number of halogens is 1. The fourth-order valence-electron chi connectivity index (χ4n) is 0.940. The smallest absolute Gasteiger partial charge is 0.0410 e. The van der Waals surface area contributed by atoms with E-state index in [-0.39, 0.29) is 6.04 Å². The molecule has 60 valence electrons. The van der Waals surface area contributed by atoms with Crippen LogP contribution in [0.1, 0.15) is 18.5 Å². The second-order valence-electron chi connectivity index (χ2n) is 2.56. The van der Waals surface area contributed by atoms with Gasteiger partial charge in [0.2, 0.25) is 0 Å². The predicted molar refractivity (Wildman–Crippen MR) is 48.5 cm³/mol. The van der Waals surface area contributed by atoms with E-state index in [9.17, 15) is 0 Å². The lowest BCUT2D eigenvalue weighted by Gasteiger charge is -2.08. The van der Waals surface area contributed by atoms with Gasteiger partial charge in [0.25, 0.3) is 0 Å². The molecule has 1 aromatic rings. The third-order valence-corrected chi connectivity index (χ3v) is 1.77. The number of nitrogen functional groups attached to an aromatic ring is 1. The van der Waals surface area contributed by atoms with Gasteiger partial charge in [-0.25, -0.2) is 0 Å². The summed E-state index contributed by atoms with van der Waals surface area (Å²) in [5.74, 6) is 0. The Balaban J connectivity index is 3.13. The molecule has 0 aliphatic rings. The highest BCUT2D eigenvalue weighted by atomic mass is 35.5. The van der Waals surface area contributed by atoms with Crippen LogP contribution >= 0.6 is 11.6 Å². The second-order valence-corrected chi connectivity index (χ2v) is 3.00. The van der Waals surface area contributed by atoms with Gasteiger partial charge in [-0.15, -0.1) is 0 Å². The zero-order valence-corrected chi connectivity index (χ0v) is 7.10. The molecule has 0 aliphatic heterocycles. The third kappa shape index (κ3) is 1.85. The fourth-order valence-corrected chi connectivity index (χ4v) is 1.12. The first-order valence-electron chi connectivity index (χ1n) is 3.42. The molecule has 0 fully saturated rings. The molecule has 0 aromatic heterocycles. The minimum atomic E-state index is -0.0614. The minimum absolute atomic E-state index is 0.0614. The van der Waals surface area contributed by atoms with Crippen LogP contribution < -0.4 is 11.5 Å². The largest absolute Gasteiger partial charge is 0.398 e. The summed E-state index contributed by atoms with van der Waals surface area (Å²) in [6.07, 6.45) is 0. The van der Waals surface area contributed by atoms with Crippen LogP contribution in [0.5, 0.6) is 0 Å². The van der Waals surface area contributed by atoms with E-state index in [0.717, 1.165) is 5.56 Å². The average molecular weight is 171 g/mol. The van der Waals surface area contributed by atoms with Gasteiger partial charge in [0, 0.05) is 16.8 Å². The molecule has 4 N–H and O–H groups in total. The Hall–Kier alpha value is -0.730. The zero-order valence-electron chi connectivity index (χ0n) is 6.34. The van der Waals surface area contributed by atoms with E-state index < -0.39 is 0 Å². The highest BCUT2D eigenvalue weighted by Gasteiger charge is 2.03. The van der Waals surface area contributed by atoms with Crippen LogP contribution in [0.15, 0.2) is 18.2 Å². The Bertz CT molecular complexity index is 258. The van der Waals surface area contributed by atoms with Gasteiger partial charge in [-0.3, -0.25) is 0 Å². The maximum atomic E-state index is 5.75. The first kappa shape index (κ1) is 8.37. The maximum Gasteiger partial charge on any atom is 0.0410 e. The van der Waals surface area contributed by atoms with E-state index in [2.05, 4.69) is 0 Å². The van der Waals surface area contributed by atoms with Gasteiger partial charge in [0.1, 0.15) is 0 Å². The molecule has 0 aliphatic carbocycles. The molecule has 3 heteroatoms. The first-order chi connectivity index (χ1) is 5.11. The lowest BCUT2D eigenvalue weighted by molar-refractivity contribution is 0.821. The van der Waals surface area contributed by atoms with Crippen molar-refractivity contribution in [3.63, 3.8) is 0 Å².